The van der Waals surface area contributed by atoms with Gasteiger partial charge < -0.3 is 0 Å². The van der Waals surface area contributed by atoms with E-state index in [4.69, 9.17) is 0 Å². The SMILES string of the molecule is CCC[CH2][Hf]1([CH2]CCC)[CH]2C(CC)=C(c3c2ccc2ccccc32)[Si](c2ccccc2)(c2ccccc2)C2=C(CC)[CH]1c1ccc3ccccc3c12. The van der Waals surface area contributed by atoms with E-state index in [-0.39, 0.29) is 0 Å². The molecule has 3 aliphatic rings. The Morgan fingerprint density at radius 3 is 1.27 bits per heavy atom. The molecule has 2 atom stereocenters. The van der Waals surface area contributed by atoms with Crippen LogP contribution in [0.1, 0.15) is 95.8 Å². The summed E-state index contributed by atoms with van der Waals surface area (Å²) in [6, 6.07) is 53.1. The van der Waals surface area contributed by atoms with E-state index in [2.05, 4.69) is 161 Å². The number of hydrogen-bond donors (Lipinski definition) is 0. The van der Waals surface area contributed by atoms with Crippen LogP contribution in [0.2, 0.25) is 8.35 Å². The first-order chi connectivity index (χ1) is 25.6. The molecule has 0 saturated heterocycles. The van der Waals surface area contributed by atoms with Gasteiger partial charge in [0, 0.05) is 0 Å². The van der Waals surface area contributed by atoms with Crippen molar-refractivity contribution in [2.45, 2.75) is 81.9 Å². The quantitative estimate of drug-likeness (QED) is 0.120. The minimum absolute atomic E-state index is 0.607. The third kappa shape index (κ3) is 4.72. The summed E-state index contributed by atoms with van der Waals surface area (Å²) >= 11 is -3.55. The zero-order chi connectivity index (χ0) is 35.5. The molecule has 1 aliphatic heterocycles. The normalized spacial score (nSPS) is 19.5. The van der Waals surface area contributed by atoms with E-state index in [0.717, 1.165) is 12.8 Å². The van der Waals surface area contributed by atoms with Crippen LogP contribution in [-0.2, 0) is 20.0 Å². The van der Waals surface area contributed by atoms with Crippen LogP contribution in [0.25, 0.3) is 31.9 Å². The zero-order valence-electron chi connectivity index (χ0n) is 31.5. The van der Waals surface area contributed by atoms with Crippen LogP contribution in [-0.4, -0.2) is 8.07 Å². The number of hydrogen-bond acceptors (Lipinski definition) is 0. The molecule has 6 aromatic rings. The van der Waals surface area contributed by atoms with Crippen molar-refractivity contribution in [3.63, 3.8) is 0 Å². The molecule has 260 valence electrons. The average molecular weight is 860 g/mol. The fraction of sp³-hybridized carbons (Fsp3) is 0.280. The van der Waals surface area contributed by atoms with Gasteiger partial charge in [-0.1, -0.05) is 0 Å². The van der Waals surface area contributed by atoms with Crippen molar-refractivity contribution in [3.8, 4) is 0 Å². The second kappa shape index (κ2) is 13.7. The van der Waals surface area contributed by atoms with E-state index in [1.54, 1.807) is 43.0 Å². The van der Waals surface area contributed by atoms with Crippen molar-refractivity contribution in [1.29, 1.82) is 0 Å². The van der Waals surface area contributed by atoms with E-state index in [1.165, 1.54) is 55.6 Å². The van der Waals surface area contributed by atoms with Gasteiger partial charge >= 0.3 is 319 Å². The zero-order valence-corrected chi connectivity index (χ0v) is 36.1. The molecule has 2 heteroatoms. The molecule has 52 heavy (non-hydrogen) atoms. The van der Waals surface area contributed by atoms with E-state index in [0.29, 0.717) is 7.35 Å². The first-order valence-electron chi connectivity index (χ1n) is 20.3. The summed E-state index contributed by atoms with van der Waals surface area (Å²) in [6.45, 7) is 9.96. The Morgan fingerprint density at radius 2 is 0.865 bits per heavy atom. The molecule has 0 nitrogen and oxygen atoms in total. The van der Waals surface area contributed by atoms with Crippen molar-refractivity contribution in [2.75, 3.05) is 0 Å². The maximum absolute atomic E-state index is 3.55. The second-order valence-electron chi connectivity index (χ2n) is 15.8. The molecule has 0 radical (unpaired) electrons. The number of allylic oxidation sites excluding steroid dienone is 2. The summed E-state index contributed by atoms with van der Waals surface area (Å²) in [5.74, 6) is 0. The van der Waals surface area contributed by atoms with Gasteiger partial charge in [0.1, 0.15) is 0 Å². The molecule has 4 bridgehead atoms. The van der Waals surface area contributed by atoms with E-state index in [1.807, 2.05) is 11.1 Å². The Balaban J connectivity index is 1.59. The first kappa shape index (κ1) is 34.2. The fourth-order valence-corrected chi connectivity index (χ4v) is 45.9. The van der Waals surface area contributed by atoms with Crippen LogP contribution in [0.3, 0.4) is 0 Å². The molecule has 0 aromatic heterocycles. The van der Waals surface area contributed by atoms with Gasteiger partial charge in [0.05, 0.1) is 0 Å². The Labute approximate surface area is 317 Å². The van der Waals surface area contributed by atoms with Crippen LogP contribution in [0, 0.1) is 0 Å². The average Bonchev–Trinajstić information content (AvgIpc) is 3.75. The molecule has 1 heterocycles. The minimum atomic E-state index is -3.55. The fourth-order valence-electron chi connectivity index (χ4n) is 11.7. The summed E-state index contributed by atoms with van der Waals surface area (Å²) in [5, 5.41) is 12.4. The summed E-state index contributed by atoms with van der Waals surface area (Å²) < 4.78 is 4.18. The molecule has 0 saturated carbocycles. The van der Waals surface area contributed by atoms with Crippen molar-refractivity contribution >= 4 is 50.4 Å². The number of fused-ring (bicyclic) bond motifs is 12. The van der Waals surface area contributed by atoms with Crippen LogP contribution >= 0.6 is 0 Å². The number of rotatable bonds is 10. The molecule has 6 aromatic carbocycles. The second-order valence-corrected chi connectivity index (χ2v) is 36.1. The van der Waals surface area contributed by atoms with Gasteiger partial charge in [-0.05, 0) is 0 Å². The van der Waals surface area contributed by atoms with Crippen LogP contribution in [0.5, 0.6) is 0 Å². The number of benzene rings is 6. The predicted octanol–water partition coefficient (Wildman–Crippen LogP) is 13.1. The van der Waals surface area contributed by atoms with Gasteiger partial charge in [-0.2, -0.15) is 0 Å². The third-order valence-electron chi connectivity index (χ3n) is 13.5. The molecule has 0 fully saturated rings. The molecule has 0 amide bonds. The standard InChI is InChI=1S/C42H34Si.2C4H9.Hf/c1-3-29-27-33-25-23-31-15-11-13-21-37(31)39(33)41(29)43(35-17-7-5-8-18-35,36-19-9-6-10-20-36)42-30(4-2)28-34-26-24-32-16-12-14-22-38(32)40(34)42;2*1-3-4-2;/h5-28H,3-4H2,1-2H3;2*1,3-4H2,2H3;. The van der Waals surface area contributed by atoms with Crippen molar-refractivity contribution in [2.24, 2.45) is 0 Å². The van der Waals surface area contributed by atoms with Gasteiger partial charge in [0.15, 0.2) is 0 Å². The topological polar surface area (TPSA) is 0 Å². The molecule has 0 spiro atoms. The molecule has 9 rings (SSSR count). The molecular formula is C50H52HfSi. The molecule has 2 aliphatic carbocycles. The first-order valence-corrected chi connectivity index (χ1v) is 31.5. The van der Waals surface area contributed by atoms with Crippen LogP contribution in [0.4, 0.5) is 0 Å². The molecule has 0 N–H and O–H groups in total. The summed E-state index contributed by atoms with van der Waals surface area (Å²) in [7, 11) is -2.93. The molecular weight excluding hydrogens is 807 g/mol. The molecule has 2 unspecified atom stereocenters. The Hall–Kier alpha value is -3.59. The van der Waals surface area contributed by atoms with Gasteiger partial charge in [0.25, 0.3) is 0 Å². The van der Waals surface area contributed by atoms with Crippen molar-refractivity contribution in [1.82, 2.24) is 0 Å². The van der Waals surface area contributed by atoms with E-state index >= 15 is 0 Å². The summed E-state index contributed by atoms with van der Waals surface area (Å²) in [6.07, 6.45) is 7.56. The third-order valence-corrected chi connectivity index (χ3v) is 40.7. The Kier molecular flexibility index (Phi) is 8.99. The van der Waals surface area contributed by atoms with Gasteiger partial charge in [-0.3, -0.25) is 0 Å². The Morgan fingerprint density at radius 1 is 0.462 bits per heavy atom. The van der Waals surface area contributed by atoms with Gasteiger partial charge in [-0.15, -0.1) is 0 Å². The van der Waals surface area contributed by atoms with E-state index in [9.17, 15) is 0 Å². The van der Waals surface area contributed by atoms with E-state index < -0.39 is 28.0 Å². The Bertz CT molecular complexity index is 2200. The van der Waals surface area contributed by atoms with Crippen LogP contribution in [0.15, 0.2) is 145 Å². The van der Waals surface area contributed by atoms with Gasteiger partial charge in [-0.25, -0.2) is 0 Å². The maximum atomic E-state index is 2.66. The number of unbranched alkanes of at least 4 members (excludes halogenated alkanes) is 2. The predicted molar refractivity (Wildman–Crippen MR) is 225 cm³/mol. The van der Waals surface area contributed by atoms with Crippen molar-refractivity contribution < 1.29 is 20.0 Å². The van der Waals surface area contributed by atoms with Crippen molar-refractivity contribution in [3.05, 3.63) is 167 Å². The monoisotopic (exact) mass is 860 g/mol. The van der Waals surface area contributed by atoms with Gasteiger partial charge in [0.2, 0.25) is 0 Å². The summed E-state index contributed by atoms with van der Waals surface area (Å²) in [4.78, 5) is 0. The summed E-state index contributed by atoms with van der Waals surface area (Å²) in [5.41, 5.74) is 10.4. The van der Waals surface area contributed by atoms with Crippen LogP contribution < -0.4 is 10.4 Å².